The van der Waals surface area contributed by atoms with Crippen LogP contribution in [0.5, 0.6) is 0 Å². The summed E-state index contributed by atoms with van der Waals surface area (Å²) in [6, 6.07) is 6.02. The van der Waals surface area contributed by atoms with Crippen LogP contribution in [0.2, 0.25) is 0 Å². The van der Waals surface area contributed by atoms with E-state index in [9.17, 15) is 4.79 Å². The van der Waals surface area contributed by atoms with Gasteiger partial charge in [-0.1, -0.05) is 6.07 Å². The van der Waals surface area contributed by atoms with E-state index >= 15 is 0 Å². The van der Waals surface area contributed by atoms with E-state index in [1.54, 1.807) is 7.05 Å². The number of nitrogens with one attached hydrogen (secondary N) is 2. The van der Waals surface area contributed by atoms with Crippen molar-refractivity contribution < 1.29 is 4.79 Å². The van der Waals surface area contributed by atoms with Gasteiger partial charge in [-0.05, 0) is 31.9 Å². The monoisotopic (exact) mass is 262 g/mol. The number of carbonyl (C=O) groups is 1. The highest BCUT2D eigenvalue weighted by Crippen LogP contribution is 2.22. The smallest absolute Gasteiger partial charge is 0.222 e. The van der Waals surface area contributed by atoms with Crippen molar-refractivity contribution in [2.45, 2.75) is 19.8 Å². The molecule has 0 spiro atoms. The van der Waals surface area contributed by atoms with Gasteiger partial charge in [0.2, 0.25) is 5.91 Å². The predicted octanol–water partition coefficient (Wildman–Crippen LogP) is 1.48. The Hall–Kier alpha value is -1.78. The third-order valence-corrected chi connectivity index (χ3v) is 3.53. The van der Waals surface area contributed by atoms with Crippen LogP contribution in [0.1, 0.15) is 19.8 Å². The van der Waals surface area contributed by atoms with Gasteiger partial charge < -0.3 is 15.5 Å². The molecule has 2 N–H and O–H groups in total. The first kappa shape index (κ1) is 13.6. The van der Waals surface area contributed by atoms with Gasteiger partial charge in [0.05, 0.1) is 0 Å². The van der Waals surface area contributed by atoms with E-state index in [-0.39, 0.29) is 11.8 Å². The molecule has 5 heteroatoms. The normalized spacial score (nSPS) is 16.2. The minimum absolute atomic E-state index is 0.151. The van der Waals surface area contributed by atoms with Crippen molar-refractivity contribution >= 4 is 17.5 Å². The van der Waals surface area contributed by atoms with E-state index in [4.69, 9.17) is 0 Å². The molecule has 1 aliphatic rings. The van der Waals surface area contributed by atoms with Crippen LogP contribution in [-0.2, 0) is 4.79 Å². The molecule has 0 bridgehead atoms. The fraction of sp³-hybridized carbons (Fsp3) is 0.571. The zero-order valence-corrected chi connectivity index (χ0v) is 11.6. The highest BCUT2D eigenvalue weighted by Gasteiger charge is 2.24. The summed E-state index contributed by atoms with van der Waals surface area (Å²) in [7, 11) is 1.70. The molecule has 0 aliphatic carbocycles. The van der Waals surface area contributed by atoms with Crippen LogP contribution >= 0.6 is 0 Å². The van der Waals surface area contributed by atoms with Gasteiger partial charge in [0, 0.05) is 32.6 Å². The lowest BCUT2D eigenvalue weighted by atomic mass is 9.96. The molecule has 1 fully saturated rings. The number of hydrogen-bond donors (Lipinski definition) is 2. The number of nitrogens with zero attached hydrogens (tertiary/aromatic N) is 2. The first-order valence-corrected chi connectivity index (χ1v) is 6.92. The van der Waals surface area contributed by atoms with Gasteiger partial charge in [-0.3, -0.25) is 4.79 Å². The van der Waals surface area contributed by atoms with E-state index in [2.05, 4.69) is 27.4 Å². The lowest BCUT2D eigenvalue weighted by Crippen LogP contribution is -2.39. The van der Waals surface area contributed by atoms with Crippen molar-refractivity contribution in [3.8, 4) is 0 Å². The lowest BCUT2D eigenvalue weighted by molar-refractivity contribution is -0.125. The lowest BCUT2D eigenvalue weighted by Gasteiger charge is -2.32. The van der Waals surface area contributed by atoms with Crippen LogP contribution in [0.25, 0.3) is 0 Å². The Labute approximate surface area is 114 Å². The summed E-state index contributed by atoms with van der Waals surface area (Å²) in [6.45, 7) is 4.71. The fourth-order valence-electron chi connectivity index (χ4n) is 2.45. The molecule has 1 aliphatic heterocycles. The molecule has 1 saturated heterocycles. The summed E-state index contributed by atoms with van der Waals surface area (Å²) in [4.78, 5) is 18.4. The number of pyridine rings is 1. The molecule has 104 valence electrons. The second-order valence-electron chi connectivity index (χ2n) is 4.79. The van der Waals surface area contributed by atoms with Gasteiger partial charge in [-0.25, -0.2) is 4.98 Å². The van der Waals surface area contributed by atoms with Crippen LogP contribution in [0.3, 0.4) is 0 Å². The second-order valence-corrected chi connectivity index (χ2v) is 4.79. The molecule has 1 aromatic rings. The van der Waals surface area contributed by atoms with Crippen LogP contribution in [0.15, 0.2) is 18.2 Å². The molecular weight excluding hydrogens is 240 g/mol. The molecule has 0 atom stereocenters. The van der Waals surface area contributed by atoms with Crippen molar-refractivity contribution in [3.05, 3.63) is 18.2 Å². The predicted molar refractivity (Wildman–Crippen MR) is 77.4 cm³/mol. The Kier molecular flexibility index (Phi) is 4.60. The summed E-state index contributed by atoms with van der Waals surface area (Å²) in [6.07, 6.45) is 1.79. The van der Waals surface area contributed by atoms with Crippen molar-refractivity contribution in [1.29, 1.82) is 0 Å². The molecule has 0 radical (unpaired) electrons. The Bertz CT molecular complexity index is 427. The highest BCUT2D eigenvalue weighted by molar-refractivity contribution is 5.78. The maximum absolute atomic E-state index is 11.6. The van der Waals surface area contributed by atoms with E-state index in [0.717, 1.165) is 44.1 Å². The molecular formula is C14H22N4O. The first-order valence-electron chi connectivity index (χ1n) is 6.92. The Morgan fingerprint density at radius 3 is 2.79 bits per heavy atom. The molecule has 1 amide bonds. The number of anilines is 2. The molecule has 2 rings (SSSR count). The van der Waals surface area contributed by atoms with E-state index in [1.165, 1.54) is 0 Å². The highest BCUT2D eigenvalue weighted by atomic mass is 16.1. The molecule has 19 heavy (non-hydrogen) atoms. The van der Waals surface area contributed by atoms with E-state index in [1.807, 2.05) is 18.2 Å². The average Bonchev–Trinajstić information content (AvgIpc) is 2.47. The molecule has 0 aromatic carbocycles. The Balaban J connectivity index is 1.97. The van der Waals surface area contributed by atoms with Crippen LogP contribution in [0, 0.1) is 5.92 Å². The molecule has 5 nitrogen and oxygen atoms in total. The summed E-state index contributed by atoms with van der Waals surface area (Å²) < 4.78 is 0. The van der Waals surface area contributed by atoms with Crippen LogP contribution < -0.4 is 15.5 Å². The van der Waals surface area contributed by atoms with Crippen LogP contribution in [0.4, 0.5) is 11.6 Å². The van der Waals surface area contributed by atoms with Crippen LogP contribution in [-0.4, -0.2) is 37.6 Å². The topological polar surface area (TPSA) is 57.3 Å². The maximum atomic E-state index is 11.6. The van der Waals surface area contributed by atoms with Crippen molar-refractivity contribution in [2.75, 3.05) is 36.9 Å². The summed E-state index contributed by atoms with van der Waals surface area (Å²) >= 11 is 0. The first-order chi connectivity index (χ1) is 9.24. The van der Waals surface area contributed by atoms with Gasteiger partial charge in [0.25, 0.3) is 0 Å². The largest absolute Gasteiger partial charge is 0.370 e. The van der Waals surface area contributed by atoms with Crippen molar-refractivity contribution in [3.63, 3.8) is 0 Å². The van der Waals surface area contributed by atoms with Gasteiger partial charge in [0.15, 0.2) is 0 Å². The number of piperidine rings is 1. The van der Waals surface area contributed by atoms with Gasteiger partial charge in [-0.2, -0.15) is 0 Å². The average molecular weight is 262 g/mol. The fourth-order valence-corrected chi connectivity index (χ4v) is 2.45. The zero-order valence-electron chi connectivity index (χ0n) is 11.6. The Morgan fingerprint density at radius 2 is 2.16 bits per heavy atom. The third-order valence-electron chi connectivity index (χ3n) is 3.53. The van der Waals surface area contributed by atoms with E-state index in [0.29, 0.717) is 0 Å². The number of amides is 1. The third kappa shape index (κ3) is 3.36. The molecule has 1 aromatic heterocycles. The van der Waals surface area contributed by atoms with Gasteiger partial charge >= 0.3 is 0 Å². The molecule has 0 unspecified atom stereocenters. The SMILES string of the molecule is CCNc1cccc(N2CCC(C(=O)NC)CC2)n1. The van der Waals surface area contributed by atoms with Gasteiger partial charge in [0.1, 0.15) is 11.6 Å². The molecule has 2 heterocycles. The summed E-state index contributed by atoms with van der Waals surface area (Å²) in [5.41, 5.74) is 0. The van der Waals surface area contributed by atoms with E-state index < -0.39 is 0 Å². The molecule has 0 saturated carbocycles. The number of rotatable bonds is 4. The zero-order chi connectivity index (χ0) is 13.7. The standard InChI is InChI=1S/C14H22N4O/c1-3-16-12-5-4-6-13(17-12)18-9-7-11(8-10-18)14(19)15-2/h4-6,11H,3,7-10H2,1-2H3,(H,15,19)(H,16,17). The van der Waals surface area contributed by atoms with Crippen molar-refractivity contribution in [2.24, 2.45) is 5.92 Å². The Morgan fingerprint density at radius 1 is 1.42 bits per heavy atom. The number of carbonyl (C=O) groups excluding carboxylic acids is 1. The second kappa shape index (κ2) is 6.41. The maximum Gasteiger partial charge on any atom is 0.222 e. The van der Waals surface area contributed by atoms with Gasteiger partial charge in [-0.15, -0.1) is 0 Å². The number of hydrogen-bond acceptors (Lipinski definition) is 4. The summed E-state index contributed by atoms with van der Waals surface area (Å²) in [5, 5.41) is 5.95. The quantitative estimate of drug-likeness (QED) is 0.863. The summed E-state index contributed by atoms with van der Waals surface area (Å²) in [5.74, 6) is 2.22. The number of aromatic nitrogens is 1. The minimum atomic E-state index is 0.151. The minimum Gasteiger partial charge on any atom is -0.370 e. The van der Waals surface area contributed by atoms with Crippen molar-refractivity contribution in [1.82, 2.24) is 10.3 Å².